The van der Waals surface area contributed by atoms with Crippen LogP contribution in [-0.2, 0) is 6.42 Å². The highest BCUT2D eigenvalue weighted by Gasteiger charge is 2.08. The Hall–Kier alpha value is -1.68. The second-order valence-electron chi connectivity index (χ2n) is 4.15. The van der Waals surface area contributed by atoms with Crippen LogP contribution >= 0.6 is 15.9 Å². The van der Waals surface area contributed by atoms with Gasteiger partial charge in [-0.2, -0.15) is 0 Å². The number of halogens is 1. The predicted molar refractivity (Wildman–Crippen MR) is 77.6 cm³/mol. The highest BCUT2D eigenvalue weighted by atomic mass is 79.9. The van der Waals surface area contributed by atoms with Crippen LogP contribution in [0.25, 0.3) is 0 Å². The zero-order valence-corrected chi connectivity index (χ0v) is 12.2. The van der Waals surface area contributed by atoms with Crippen LogP contribution in [0, 0.1) is 0 Å². The van der Waals surface area contributed by atoms with E-state index >= 15 is 0 Å². The molecule has 3 nitrogen and oxygen atoms in total. The number of pyridine rings is 1. The molecule has 0 fully saturated rings. The third kappa shape index (κ3) is 3.89. The Kier molecular flexibility index (Phi) is 4.68. The number of ether oxygens (including phenoxy) is 1. The van der Waals surface area contributed by atoms with Crippen molar-refractivity contribution in [2.24, 2.45) is 0 Å². The summed E-state index contributed by atoms with van der Waals surface area (Å²) in [5, 5.41) is 0. The minimum Gasteiger partial charge on any atom is -0.492 e. The summed E-state index contributed by atoms with van der Waals surface area (Å²) in [6, 6.07) is 9.34. The summed E-state index contributed by atoms with van der Waals surface area (Å²) < 4.78 is 6.61. The molecule has 0 aliphatic heterocycles. The smallest absolute Gasteiger partial charge is 0.163 e. The highest BCUT2D eigenvalue weighted by molar-refractivity contribution is 9.10. The van der Waals surface area contributed by atoms with Gasteiger partial charge in [0, 0.05) is 23.3 Å². The molecule has 0 saturated carbocycles. The molecule has 0 aliphatic carbocycles. The van der Waals surface area contributed by atoms with Gasteiger partial charge < -0.3 is 4.74 Å². The lowest BCUT2D eigenvalue weighted by molar-refractivity contribution is 0.101. The topological polar surface area (TPSA) is 39.2 Å². The second-order valence-corrected chi connectivity index (χ2v) is 5.07. The molecule has 0 N–H and O–H groups in total. The van der Waals surface area contributed by atoms with Crippen LogP contribution in [0.3, 0.4) is 0 Å². The Balaban J connectivity index is 2.03. The fraction of sp³-hybridized carbons (Fsp3) is 0.200. The maximum Gasteiger partial charge on any atom is 0.163 e. The molecule has 4 heteroatoms. The molecular formula is C15H14BrNO2. The zero-order valence-electron chi connectivity index (χ0n) is 10.6. The largest absolute Gasteiger partial charge is 0.492 e. The molecule has 1 heterocycles. The summed E-state index contributed by atoms with van der Waals surface area (Å²) in [5.74, 6) is 0.627. The van der Waals surface area contributed by atoms with Gasteiger partial charge in [0.2, 0.25) is 0 Å². The molecular weight excluding hydrogens is 306 g/mol. The third-order valence-corrected chi connectivity index (χ3v) is 3.21. The van der Waals surface area contributed by atoms with Crippen molar-refractivity contribution < 1.29 is 9.53 Å². The first-order valence-electron chi connectivity index (χ1n) is 5.99. The van der Waals surface area contributed by atoms with Gasteiger partial charge in [0.15, 0.2) is 5.78 Å². The van der Waals surface area contributed by atoms with Crippen molar-refractivity contribution in [3.63, 3.8) is 0 Å². The molecule has 0 aliphatic rings. The molecule has 2 rings (SSSR count). The first-order chi connectivity index (χ1) is 9.16. The number of Topliss-reactive ketones (excluding diaryl/α,β-unsaturated/α-hetero) is 1. The monoisotopic (exact) mass is 319 g/mol. The summed E-state index contributed by atoms with van der Waals surface area (Å²) in [7, 11) is 0. The second kappa shape index (κ2) is 6.48. The van der Waals surface area contributed by atoms with Crippen LogP contribution in [0.15, 0.2) is 47.2 Å². The van der Waals surface area contributed by atoms with Crippen molar-refractivity contribution >= 4 is 21.7 Å². The van der Waals surface area contributed by atoms with Crippen LogP contribution in [0.2, 0.25) is 0 Å². The Labute approximate surface area is 120 Å². The minimum absolute atomic E-state index is 0.00594. The Morgan fingerprint density at radius 1 is 1.26 bits per heavy atom. The summed E-state index contributed by atoms with van der Waals surface area (Å²) >= 11 is 3.38. The minimum atomic E-state index is 0.00594. The van der Waals surface area contributed by atoms with E-state index in [1.165, 1.54) is 0 Å². The summed E-state index contributed by atoms with van der Waals surface area (Å²) in [5.41, 5.74) is 1.77. The first kappa shape index (κ1) is 13.7. The standard InChI is InChI=1S/C15H14BrNO2/c1-11(18)14-3-2-13(16)10-15(14)19-9-6-12-4-7-17-8-5-12/h2-5,7-8,10H,6,9H2,1H3. The SMILES string of the molecule is CC(=O)c1ccc(Br)cc1OCCc1ccncc1. The van der Waals surface area contributed by atoms with E-state index in [4.69, 9.17) is 4.74 Å². The molecule has 0 unspecified atom stereocenters. The number of carbonyl (C=O) groups is 1. The molecule has 1 aromatic carbocycles. The van der Waals surface area contributed by atoms with Gasteiger partial charge >= 0.3 is 0 Å². The summed E-state index contributed by atoms with van der Waals surface area (Å²) in [4.78, 5) is 15.5. The number of hydrogen-bond acceptors (Lipinski definition) is 3. The number of ketones is 1. The number of carbonyl (C=O) groups excluding carboxylic acids is 1. The van der Waals surface area contributed by atoms with E-state index in [1.807, 2.05) is 24.3 Å². The van der Waals surface area contributed by atoms with Gasteiger partial charge in [0.25, 0.3) is 0 Å². The van der Waals surface area contributed by atoms with Crippen LogP contribution in [0.1, 0.15) is 22.8 Å². The molecule has 1 aromatic heterocycles. The summed E-state index contributed by atoms with van der Waals surface area (Å²) in [6.07, 6.45) is 4.30. The maximum absolute atomic E-state index is 11.5. The molecule has 0 atom stereocenters. The predicted octanol–water partition coefficient (Wildman–Crippen LogP) is 3.67. The van der Waals surface area contributed by atoms with E-state index in [1.54, 1.807) is 25.4 Å². The van der Waals surface area contributed by atoms with Crippen molar-refractivity contribution in [3.8, 4) is 5.75 Å². The highest BCUT2D eigenvalue weighted by Crippen LogP contribution is 2.24. The van der Waals surface area contributed by atoms with E-state index < -0.39 is 0 Å². The molecule has 0 spiro atoms. The summed E-state index contributed by atoms with van der Waals surface area (Å²) in [6.45, 7) is 2.07. The van der Waals surface area contributed by atoms with Crippen LogP contribution in [0.5, 0.6) is 5.75 Å². The van der Waals surface area contributed by atoms with Crippen molar-refractivity contribution in [3.05, 3.63) is 58.3 Å². The lowest BCUT2D eigenvalue weighted by Gasteiger charge is -2.10. The van der Waals surface area contributed by atoms with E-state index in [0.717, 1.165) is 16.5 Å². The number of rotatable bonds is 5. The maximum atomic E-state index is 11.5. The van der Waals surface area contributed by atoms with Crippen molar-refractivity contribution in [2.45, 2.75) is 13.3 Å². The van der Waals surface area contributed by atoms with Crippen molar-refractivity contribution in [2.75, 3.05) is 6.61 Å². The molecule has 98 valence electrons. The molecule has 0 amide bonds. The first-order valence-corrected chi connectivity index (χ1v) is 6.78. The molecule has 2 aromatic rings. The number of benzene rings is 1. The van der Waals surface area contributed by atoms with Gasteiger partial charge in [-0.05, 0) is 42.8 Å². The molecule has 0 bridgehead atoms. The number of nitrogens with zero attached hydrogens (tertiary/aromatic N) is 1. The Morgan fingerprint density at radius 3 is 2.68 bits per heavy atom. The zero-order chi connectivity index (χ0) is 13.7. The van der Waals surface area contributed by atoms with Gasteiger partial charge in [0.05, 0.1) is 12.2 Å². The van der Waals surface area contributed by atoms with E-state index in [0.29, 0.717) is 17.9 Å². The van der Waals surface area contributed by atoms with Crippen molar-refractivity contribution in [1.29, 1.82) is 0 Å². The van der Waals surface area contributed by atoms with Gasteiger partial charge in [-0.1, -0.05) is 15.9 Å². The average molecular weight is 320 g/mol. The lowest BCUT2D eigenvalue weighted by Crippen LogP contribution is -2.05. The number of aromatic nitrogens is 1. The van der Waals surface area contributed by atoms with Gasteiger partial charge in [0.1, 0.15) is 5.75 Å². The average Bonchev–Trinajstić information content (AvgIpc) is 2.39. The molecule has 0 saturated heterocycles. The fourth-order valence-corrected chi connectivity index (χ4v) is 2.07. The fourth-order valence-electron chi connectivity index (χ4n) is 1.73. The van der Waals surface area contributed by atoms with Crippen molar-refractivity contribution in [1.82, 2.24) is 4.98 Å². The van der Waals surface area contributed by atoms with Gasteiger partial charge in [-0.3, -0.25) is 9.78 Å². The third-order valence-electron chi connectivity index (χ3n) is 2.72. The molecule has 0 radical (unpaired) electrons. The van der Waals surface area contributed by atoms with Crippen LogP contribution in [0.4, 0.5) is 0 Å². The van der Waals surface area contributed by atoms with Crippen LogP contribution in [-0.4, -0.2) is 17.4 Å². The normalized spacial score (nSPS) is 10.2. The van der Waals surface area contributed by atoms with Crippen LogP contribution < -0.4 is 4.74 Å². The van der Waals surface area contributed by atoms with Gasteiger partial charge in [-0.15, -0.1) is 0 Å². The van der Waals surface area contributed by atoms with E-state index in [-0.39, 0.29) is 5.78 Å². The number of hydrogen-bond donors (Lipinski definition) is 0. The Morgan fingerprint density at radius 2 is 2.00 bits per heavy atom. The quantitative estimate of drug-likeness (QED) is 0.789. The van der Waals surface area contributed by atoms with E-state index in [2.05, 4.69) is 20.9 Å². The molecule has 19 heavy (non-hydrogen) atoms. The Bertz CT molecular complexity index is 570. The van der Waals surface area contributed by atoms with E-state index in [9.17, 15) is 4.79 Å². The van der Waals surface area contributed by atoms with Gasteiger partial charge in [-0.25, -0.2) is 0 Å². The lowest BCUT2D eigenvalue weighted by atomic mass is 10.1.